The molecular weight excluding hydrogens is 422 g/mol. The third-order valence-corrected chi connectivity index (χ3v) is 5.09. The smallest absolute Gasteiger partial charge is 0.223 e. The molecule has 0 saturated carbocycles. The minimum atomic E-state index is -1.45. The number of carbonyl (C=O) groups excluding carboxylic acids is 1. The molecule has 0 bridgehead atoms. The molecule has 0 heterocycles. The van der Waals surface area contributed by atoms with E-state index in [0.717, 1.165) is 0 Å². The average Bonchev–Trinajstić information content (AvgIpc) is 2.71. The van der Waals surface area contributed by atoms with Crippen molar-refractivity contribution in [3.63, 3.8) is 0 Å². The van der Waals surface area contributed by atoms with Crippen molar-refractivity contribution in [1.82, 2.24) is 10.6 Å². The van der Waals surface area contributed by atoms with E-state index in [1.807, 2.05) is 0 Å². The zero-order valence-corrected chi connectivity index (χ0v) is 17.2. The highest BCUT2D eigenvalue weighted by molar-refractivity contribution is 6.32. The lowest BCUT2D eigenvalue weighted by Crippen LogP contribution is -2.51. The van der Waals surface area contributed by atoms with Crippen molar-refractivity contribution in [1.29, 1.82) is 10.8 Å². The normalized spacial score (nSPS) is 11.0. The minimum Gasteiger partial charge on any atom is -0.313 e. The largest absolute Gasteiger partial charge is 0.313 e. The zero-order valence-electron chi connectivity index (χ0n) is 16.5. The van der Waals surface area contributed by atoms with Crippen LogP contribution in [0.25, 0.3) is 0 Å². The monoisotopic (exact) mass is 440 g/mol. The Labute approximate surface area is 183 Å². The third kappa shape index (κ3) is 4.46. The van der Waals surface area contributed by atoms with Crippen LogP contribution >= 0.6 is 11.6 Å². The maximum Gasteiger partial charge on any atom is 0.223 e. The molecule has 8 heteroatoms. The van der Waals surface area contributed by atoms with Gasteiger partial charge in [-0.3, -0.25) is 20.9 Å². The van der Waals surface area contributed by atoms with Crippen LogP contribution in [0.3, 0.4) is 0 Å². The van der Waals surface area contributed by atoms with Crippen LogP contribution in [-0.4, -0.2) is 17.7 Å². The summed E-state index contributed by atoms with van der Waals surface area (Å²) in [6.07, 6.45) is 0. The standard InChI is InChI=1S/C23H19ClF2N4O/c1-14(31)29-22(28)30-21(27)23(15-6-10-17(25)11-7-15,16-8-12-18(26)13-9-16)19-4-2-3-5-20(19)24/h2-13H,1H3,(H4,27,28,29,30,31). The lowest BCUT2D eigenvalue weighted by Gasteiger charge is -2.37. The second-order valence-electron chi connectivity index (χ2n) is 6.80. The van der Waals surface area contributed by atoms with E-state index in [0.29, 0.717) is 21.7 Å². The van der Waals surface area contributed by atoms with E-state index in [9.17, 15) is 13.6 Å². The van der Waals surface area contributed by atoms with Crippen molar-refractivity contribution in [2.24, 2.45) is 0 Å². The first kappa shape index (κ1) is 22.1. The molecule has 0 aliphatic carbocycles. The summed E-state index contributed by atoms with van der Waals surface area (Å²) in [5.74, 6) is -2.09. The number of benzene rings is 3. The Balaban J connectivity index is 2.33. The Bertz CT molecular complexity index is 1090. The number of hydrogen-bond donors (Lipinski definition) is 4. The van der Waals surface area contributed by atoms with Crippen molar-refractivity contribution >= 4 is 29.3 Å². The molecule has 4 N–H and O–H groups in total. The highest BCUT2D eigenvalue weighted by Crippen LogP contribution is 2.43. The quantitative estimate of drug-likeness (QED) is 0.271. The highest BCUT2D eigenvalue weighted by atomic mass is 35.5. The van der Waals surface area contributed by atoms with Gasteiger partial charge in [-0.1, -0.05) is 54.1 Å². The van der Waals surface area contributed by atoms with E-state index in [2.05, 4.69) is 10.6 Å². The minimum absolute atomic E-state index is 0.238. The molecule has 5 nitrogen and oxygen atoms in total. The molecule has 0 saturated heterocycles. The molecule has 0 radical (unpaired) electrons. The fraction of sp³-hybridized carbons (Fsp3) is 0.0870. The van der Waals surface area contributed by atoms with Crippen LogP contribution in [0.4, 0.5) is 8.78 Å². The Hall–Kier alpha value is -3.58. The van der Waals surface area contributed by atoms with E-state index in [1.165, 1.54) is 55.5 Å². The van der Waals surface area contributed by atoms with Crippen LogP contribution in [0.5, 0.6) is 0 Å². The van der Waals surface area contributed by atoms with Gasteiger partial charge in [0.25, 0.3) is 0 Å². The van der Waals surface area contributed by atoms with Gasteiger partial charge in [0.2, 0.25) is 11.9 Å². The van der Waals surface area contributed by atoms with Gasteiger partial charge in [0.05, 0.1) is 0 Å². The van der Waals surface area contributed by atoms with Crippen LogP contribution in [0.2, 0.25) is 5.02 Å². The first-order valence-corrected chi connectivity index (χ1v) is 9.62. The lowest BCUT2D eigenvalue weighted by atomic mass is 9.68. The summed E-state index contributed by atoms with van der Waals surface area (Å²) in [5.41, 5.74) is -0.0729. The number of guanidine groups is 1. The maximum atomic E-state index is 13.7. The fourth-order valence-electron chi connectivity index (χ4n) is 3.49. The summed E-state index contributed by atoms with van der Waals surface area (Å²) < 4.78 is 27.5. The molecule has 0 spiro atoms. The van der Waals surface area contributed by atoms with Crippen molar-refractivity contribution in [2.75, 3.05) is 0 Å². The first-order chi connectivity index (χ1) is 14.7. The molecular formula is C23H19ClF2N4O. The second-order valence-corrected chi connectivity index (χ2v) is 7.21. The Kier molecular flexibility index (Phi) is 6.46. The zero-order chi connectivity index (χ0) is 22.6. The Morgan fingerprint density at radius 3 is 1.77 bits per heavy atom. The number of amides is 1. The van der Waals surface area contributed by atoms with Gasteiger partial charge in [0.15, 0.2) is 0 Å². The van der Waals surface area contributed by atoms with Crippen molar-refractivity contribution < 1.29 is 13.6 Å². The summed E-state index contributed by atoms with van der Waals surface area (Å²) in [6, 6.07) is 17.8. The molecule has 0 aliphatic rings. The molecule has 31 heavy (non-hydrogen) atoms. The van der Waals surface area contributed by atoms with E-state index >= 15 is 0 Å². The lowest BCUT2D eigenvalue weighted by molar-refractivity contribution is -0.117. The van der Waals surface area contributed by atoms with Gasteiger partial charge in [-0.05, 0) is 47.0 Å². The van der Waals surface area contributed by atoms with E-state index in [4.69, 9.17) is 22.4 Å². The summed E-state index contributed by atoms with van der Waals surface area (Å²) >= 11 is 6.54. The predicted molar refractivity (Wildman–Crippen MR) is 117 cm³/mol. The molecule has 0 unspecified atom stereocenters. The van der Waals surface area contributed by atoms with Crippen LogP contribution in [0.1, 0.15) is 23.6 Å². The first-order valence-electron chi connectivity index (χ1n) is 9.24. The van der Waals surface area contributed by atoms with Crippen LogP contribution in [-0.2, 0) is 10.2 Å². The van der Waals surface area contributed by atoms with Gasteiger partial charge < -0.3 is 5.32 Å². The highest BCUT2D eigenvalue weighted by Gasteiger charge is 2.43. The molecule has 0 fully saturated rings. The van der Waals surface area contributed by atoms with Gasteiger partial charge >= 0.3 is 0 Å². The van der Waals surface area contributed by atoms with Gasteiger partial charge in [-0.2, -0.15) is 0 Å². The SMILES string of the molecule is CC(=O)NC(=N)NC(=N)C(c1ccc(F)cc1)(c1ccc(F)cc1)c1ccccc1Cl. The van der Waals surface area contributed by atoms with Crippen LogP contribution in [0, 0.1) is 22.5 Å². The molecule has 1 amide bonds. The molecule has 158 valence electrons. The van der Waals surface area contributed by atoms with E-state index < -0.39 is 28.9 Å². The Morgan fingerprint density at radius 2 is 1.32 bits per heavy atom. The number of amidine groups is 1. The predicted octanol–water partition coefficient (Wildman–Crippen LogP) is 4.59. The molecule has 0 aliphatic heterocycles. The number of rotatable bonds is 4. The van der Waals surface area contributed by atoms with Crippen LogP contribution < -0.4 is 10.6 Å². The van der Waals surface area contributed by atoms with Crippen molar-refractivity contribution in [3.8, 4) is 0 Å². The maximum absolute atomic E-state index is 13.7. The summed E-state index contributed by atoms with van der Waals surface area (Å²) in [6.45, 7) is 1.24. The molecule has 3 rings (SSSR count). The molecule has 3 aromatic rings. The fourth-order valence-corrected chi connectivity index (χ4v) is 3.77. The number of carbonyl (C=O) groups is 1. The van der Waals surface area contributed by atoms with E-state index in [1.54, 1.807) is 24.3 Å². The van der Waals surface area contributed by atoms with Crippen LogP contribution in [0.15, 0.2) is 72.8 Å². The van der Waals surface area contributed by atoms with Crippen molar-refractivity contribution in [3.05, 3.63) is 106 Å². The second kappa shape index (κ2) is 9.06. The molecule has 0 aromatic heterocycles. The van der Waals surface area contributed by atoms with E-state index in [-0.39, 0.29) is 5.84 Å². The summed E-state index contributed by atoms with van der Waals surface area (Å²) in [4.78, 5) is 11.4. The van der Waals surface area contributed by atoms with Gasteiger partial charge in [0.1, 0.15) is 22.9 Å². The van der Waals surface area contributed by atoms with Gasteiger partial charge in [-0.25, -0.2) is 8.78 Å². The van der Waals surface area contributed by atoms with Gasteiger partial charge in [-0.15, -0.1) is 0 Å². The average molecular weight is 441 g/mol. The summed E-state index contributed by atoms with van der Waals surface area (Å²) in [5, 5.41) is 22.1. The Morgan fingerprint density at radius 1 is 0.839 bits per heavy atom. The van der Waals surface area contributed by atoms with Gasteiger partial charge in [0, 0.05) is 11.9 Å². The molecule has 3 aromatic carbocycles. The third-order valence-electron chi connectivity index (χ3n) is 4.76. The van der Waals surface area contributed by atoms with Crippen molar-refractivity contribution in [2.45, 2.75) is 12.3 Å². The topological polar surface area (TPSA) is 88.8 Å². The number of halogens is 3. The number of hydrogen-bond acceptors (Lipinski definition) is 3. The molecule has 0 atom stereocenters. The number of nitrogens with one attached hydrogen (secondary N) is 4. The summed E-state index contributed by atoms with van der Waals surface area (Å²) in [7, 11) is 0.